The zero-order chi connectivity index (χ0) is 30.0. The van der Waals surface area contributed by atoms with E-state index in [1.54, 1.807) is 32.4 Å². The minimum atomic E-state index is -0.415. The molecule has 0 aliphatic carbocycles. The standard InChI is InChI=1S/C33H38N8O3/c1-43-23-10-12-26(29(20-23)44-2)36-33(42)37-27-8-6-7-24-30(27)38-39-31(24)32-34-25-11-9-22(19-28(25)35-32)41-17-13-21(14-18-41)40-15-4-3-5-16-40/h6-12,19-21H,3-5,13-18H2,1-2H3,(H,34,35)(H,38,39)(H2,36,37,42). The van der Waals surface area contributed by atoms with E-state index in [2.05, 4.69) is 53.8 Å². The van der Waals surface area contributed by atoms with Crippen LogP contribution >= 0.6 is 0 Å². The number of carbonyl (C=O) groups is 1. The molecule has 0 bridgehead atoms. The molecule has 0 saturated carbocycles. The topological polar surface area (TPSA) is 123 Å². The van der Waals surface area contributed by atoms with Gasteiger partial charge in [0, 0.05) is 36.3 Å². The van der Waals surface area contributed by atoms with E-state index in [1.807, 2.05) is 18.2 Å². The van der Waals surface area contributed by atoms with Gasteiger partial charge in [0.05, 0.1) is 36.6 Å². The molecule has 5 aromatic rings. The average Bonchev–Trinajstić information content (AvgIpc) is 3.70. The number of imidazole rings is 1. The molecule has 2 aliphatic heterocycles. The van der Waals surface area contributed by atoms with Gasteiger partial charge in [0.2, 0.25) is 0 Å². The lowest BCUT2D eigenvalue weighted by Crippen LogP contribution is -2.46. The summed E-state index contributed by atoms with van der Waals surface area (Å²) >= 11 is 0. The van der Waals surface area contributed by atoms with Crippen LogP contribution in [0.4, 0.5) is 21.9 Å². The van der Waals surface area contributed by atoms with Gasteiger partial charge in [-0.05, 0) is 75.2 Å². The van der Waals surface area contributed by atoms with Crippen LogP contribution in [0, 0.1) is 0 Å². The fraction of sp³-hybridized carbons (Fsp3) is 0.364. The number of likely N-dealkylation sites (tertiary alicyclic amines) is 1. The SMILES string of the molecule is COc1ccc(NC(=O)Nc2cccc3c(-c4nc5ccc(N6CCC(N7CCCCC7)CC6)cc5[nH]4)[nH]nc23)c(OC)c1. The number of para-hydroxylation sites is 1. The zero-order valence-corrected chi connectivity index (χ0v) is 25.2. The lowest BCUT2D eigenvalue weighted by molar-refractivity contribution is 0.141. The third-order valence-electron chi connectivity index (χ3n) is 8.93. The Hall–Kier alpha value is -4.77. The summed E-state index contributed by atoms with van der Waals surface area (Å²) in [6, 6.07) is 17.7. The lowest BCUT2D eigenvalue weighted by Gasteiger charge is -2.41. The summed E-state index contributed by atoms with van der Waals surface area (Å²) in [6.45, 7) is 4.68. The highest BCUT2D eigenvalue weighted by molar-refractivity contribution is 6.07. The number of nitrogens with one attached hydrogen (secondary N) is 4. The first-order chi connectivity index (χ1) is 21.6. The second-order valence-corrected chi connectivity index (χ2v) is 11.5. The molecule has 0 unspecified atom stereocenters. The summed E-state index contributed by atoms with van der Waals surface area (Å²) in [5.41, 5.74) is 5.61. The normalized spacial score (nSPS) is 16.4. The number of rotatable bonds is 7. The third-order valence-corrected chi connectivity index (χ3v) is 8.93. The molecule has 2 aromatic heterocycles. The van der Waals surface area contributed by atoms with E-state index in [0.717, 1.165) is 41.2 Å². The molecular weight excluding hydrogens is 556 g/mol. The predicted octanol–water partition coefficient (Wildman–Crippen LogP) is 6.22. The number of hydrogen-bond donors (Lipinski definition) is 4. The smallest absolute Gasteiger partial charge is 0.323 e. The number of carbonyl (C=O) groups excluding carboxylic acids is 1. The molecule has 2 amide bonds. The Morgan fingerprint density at radius 1 is 0.909 bits per heavy atom. The highest BCUT2D eigenvalue weighted by Crippen LogP contribution is 2.33. The van der Waals surface area contributed by atoms with Crippen molar-refractivity contribution in [2.24, 2.45) is 0 Å². The Kier molecular flexibility index (Phi) is 7.69. The molecule has 3 aromatic carbocycles. The number of H-pyrrole nitrogens is 2. The lowest BCUT2D eigenvalue weighted by atomic mass is 9.99. The Morgan fingerprint density at radius 3 is 2.52 bits per heavy atom. The van der Waals surface area contributed by atoms with Crippen LogP contribution in [0.5, 0.6) is 11.5 Å². The van der Waals surface area contributed by atoms with Gasteiger partial charge in [-0.3, -0.25) is 5.10 Å². The van der Waals surface area contributed by atoms with Crippen LogP contribution in [0.2, 0.25) is 0 Å². The fourth-order valence-electron chi connectivity index (χ4n) is 6.58. The predicted molar refractivity (Wildman–Crippen MR) is 174 cm³/mol. The highest BCUT2D eigenvalue weighted by Gasteiger charge is 2.26. The number of methoxy groups -OCH3 is 2. The first-order valence-electron chi connectivity index (χ1n) is 15.4. The minimum Gasteiger partial charge on any atom is -0.497 e. The molecule has 7 rings (SSSR count). The van der Waals surface area contributed by atoms with Crippen LogP contribution in [0.25, 0.3) is 33.5 Å². The second-order valence-electron chi connectivity index (χ2n) is 11.5. The first-order valence-corrected chi connectivity index (χ1v) is 15.4. The molecule has 0 radical (unpaired) electrons. The number of piperidine rings is 2. The van der Waals surface area contributed by atoms with Crippen LogP contribution in [0.3, 0.4) is 0 Å². The minimum absolute atomic E-state index is 0.415. The molecule has 11 nitrogen and oxygen atoms in total. The van der Waals surface area contributed by atoms with Gasteiger partial charge in [0.15, 0.2) is 5.82 Å². The summed E-state index contributed by atoms with van der Waals surface area (Å²) in [4.78, 5) is 26.5. The van der Waals surface area contributed by atoms with Crippen molar-refractivity contribution < 1.29 is 14.3 Å². The third kappa shape index (κ3) is 5.50. The molecule has 2 aliphatic rings. The van der Waals surface area contributed by atoms with E-state index in [0.29, 0.717) is 34.2 Å². The molecule has 2 fully saturated rings. The molecule has 44 heavy (non-hydrogen) atoms. The molecule has 0 spiro atoms. The molecule has 4 heterocycles. The van der Waals surface area contributed by atoms with E-state index >= 15 is 0 Å². The molecule has 0 atom stereocenters. The van der Waals surface area contributed by atoms with Gasteiger partial charge >= 0.3 is 6.03 Å². The fourth-order valence-corrected chi connectivity index (χ4v) is 6.58. The van der Waals surface area contributed by atoms with Crippen LogP contribution in [-0.2, 0) is 0 Å². The van der Waals surface area contributed by atoms with E-state index in [4.69, 9.17) is 14.5 Å². The van der Waals surface area contributed by atoms with Gasteiger partial charge in [-0.1, -0.05) is 18.6 Å². The van der Waals surface area contributed by atoms with Crippen molar-refractivity contribution in [2.75, 3.05) is 55.9 Å². The largest absolute Gasteiger partial charge is 0.497 e. The number of amides is 2. The summed E-state index contributed by atoms with van der Waals surface area (Å²) in [5, 5.41) is 14.3. The maximum Gasteiger partial charge on any atom is 0.323 e. The molecule has 11 heteroatoms. The van der Waals surface area contributed by atoms with Crippen molar-refractivity contribution in [3.05, 3.63) is 54.6 Å². The summed E-state index contributed by atoms with van der Waals surface area (Å²) in [7, 11) is 3.12. The number of urea groups is 1. The van der Waals surface area contributed by atoms with Crippen molar-refractivity contribution in [2.45, 2.75) is 38.1 Å². The van der Waals surface area contributed by atoms with Gasteiger partial charge in [0.25, 0.3) is 0 Å². The Labute approximate surface area is 255 Å². The highest BCUT2D eigenvalue weighted by atomic mass is 16.5. The number of fused-ring (bicyclic) bond motifs is 2. The zero-order valence-electron chi connectivity index (χ0n) is 25.2. The molecular formula is C33H38N8O3. The van der Waals surface area contributed by atoms with Crippen molar-refractivity contribution in [3.63, 3.8) is 0 Å². The Balaban J connectivity index is 1.07. The number of nitrogens with zero attached hydrogens (tertiary/aromatic N) is 4. The summed E-state index contributed by atoms with van der Waals surface area (Å²) < 4.78 is 10.6. The number of benzene rings is 3. The summed E-state index contributed by atoms with van der Waals surface area (Å²) in [6.07, 6.45) is 6.51. The number of ether oxygens (including phenoxy) is 2. The van der Waals surface area contributed by atoms with Gasteiger partial charge < -0.3 is 34.9 Å². The van der Waals surface area contributed by atoms with E-state index in [-0.39, 0.29) is 0 Å². The van der Waals surface area contributed by atoms with Crippen LogP contribution in [-0.4, -0.2) is 77.5 Å². The number of aromatic amines is 2. The second kappa shape index (κ2) is 12.1. The number of anilines is 3. The maximum atomic E-state index is 12.9. The van der Waals surface area contributed by atoms with Crippen LogP contribution < -0.4 is 25.0 Å². The average molecular weight is 595 g/mol. The van der Waals surface area contributed by atoms with Crippen molar-refractivity contribution in [1.82, 2.24) is 25.1 Å². The molecule has 228 valence electrons. The van der Waals surface area contributed by atoms with E-state index in [9.17, 15) is 4.79 Å². The van der Waals surface area contributed by atoms with Crippen molar-refractivity contribution in [1.29, 1.82) is 0 Å². The Bertz CT molecular complexity index is 1780. The number of hydrogen-bond acceptors (Lipinski definition) is 7. The van der Waals surface area contributed by atoms with E-state index < -0.39 is 6.03 Å². The van der Waals surface area contributed by atoms with Gasteiger partial charge in [0.1, 0.15) is 22.7 Å². The van der Waals surface area contributed by atoms with Crippen LogP contribution in [0.15, 0.2) is 54.6 Å². The van der Waals surface area contributed by atoms with Crippen molar-refractivity contribution >= 4 is 45.0 Å². The maximum absolute atomic E-state index is 12.9. The van der Waals surface area contributed by atoms with Gasteiger partial charge in [-0.2, -0.15) is 5.10 Å². The van der Waals surface area contributed by atoms with Crippen molar-refractivity contribution in [3.8, 4) is 23.0 Å². The molecule has 4 N–H and O–H groups in total. The first kappa shape index (κ1) is 28.0. The summed E-state index contributed by atoms with van der Waals surface area (Å²) in [5.74, 6) is 1.83. The van der Waals surface area contributed by atoms with E-state index in [1.165, 1.54) is 50.9 Å². The van der Waals surface area contributed by atoms with Crippen LogP contribution in [0.1, 0.15) is 32.1 Å². The number of aromatic nitrogens is 4. The monoisotopic (exact) mass is 594 g/mol. The van der Waals surface area contributed by atoms with Gasteiger partial charge in [-0.15, -0.1) is 0 Å². The quantitative estimate of drug-likeness (QED) is 0.176. The van der Waals surface area contributed by atoms with Gasteiger partial charge in [-0.25, -0.2) is 9.78 Å². The molecule has 2 saturated heterocycles. The Morgan fingerprint density at radius 2 is 1.73 bits per heavy atom.